The van der Waals surface area contributed by atoms with Crippen LogP contribution < -0.4 is 15.0 Å². The van der Waals surface area contributed by atoms with Crippen molar-refractivity contribution in [3.05, 3.63) is 94.0 Å². The molecular formula is C28H28N2O5. The third-order valence-corrected chi connectivity index (χ3v) is 6.25. The molecule has 0 unspecified atom stereocenters. The molecule has 0 saturated carbocycles. The first kappa shape index (κ1) is 24.0. The molecule has 4 rings (SSSR count). The third-order valence-electron chi connectivity index (χ3n) is 6.25. The second-order valence-electron chi connectivity index (χ2n) is 8.39. The Morgan fingerprint density at radius 1 is 0.971 bits per heavy atom. The highest BCUT2D eigenvalue weighted by Gasteiger charge is 2.25. The van der Waals surface area contributed by atoms with Gasteiger partial charge in [-0.1, -0.05) is 36.4 Å². The molecule has 1 aliphatic heterocycles. The second kappa shape index (κ2) is 10.4. The van der Waals surface area contributed by atoms with Crippen molar-refractivity contribution in [1.82, 2.24) is 10.4 Å². The van der Waals surface area contributed by atoms with Crippen molar-refractivity contribution in [2.24, 2.45) is 0 Å². The number of carbonyl (C=O) groups is 2. The molecule has 0 aliphatic carbocycles. The summed E-state index contributed by atoms with van der Waals surface area (Å²) in [5.41, 5.74) is 7.22. The fourth-order valence-corrected chi connectivity index (χ4v) is 4.35. The van der Waals surface area contributed by atoms with Crippen LogP contribution in [0, 0.1) is 6.92 Å². The highest BCUT2D eigenvalue weighted by molar-refractivity contribution is 6.24. The van der Waals surface area contributed by atoms with Crippen molar-refractivity contribution in [2.45, 2.75) is 19.9 Å². The predicted molar refractivity (Wildman–Crippen MR) is 133 cm³/mol. The Hall–Kier alpha value is -4.10. The van der Waals surface area contributed by atoms with Gasteiger partial charge >= 0.3 is 0 Å². The summed E-state index contributed by atoms with van der Waals surface area (Å²) in [7, 11) is 3.16. The molecule has 0 saturated heterocycles. The molecule has 180 valence electrons. The van der Waals surface area contributed by atoms with Crippen molar-refractivity contribution < 1.29 is 24.3 Å². The molecule has 3 aromatic rings. The fraction of sp³-hybridized carbons (Fsp3) is 0.214. The minimum Gasteiger partial charge on any atom is -0.493 e. The van der Waals surface area contributed by atoms with Gasteiger partial charge in [-0.15, -0.1) is 0 Å². The Kier molecular flexibility index (Phi) is 7.17. The average Bonchev–Trinajstić information content (AvgIpc) is 2.90. The summed E-state index contributed by atoms with van der Waals surface area (Å²) in [6.45, 7) is 2.92. The van der Waals surface area contributed by atoms with Gasteiger partial charge in [0.25, 0.3) is 11.8 Å². The highest BCUT2D eigenvalue weighted by atomic mass is 16.5. The Morgan fingerprint density at radius 3 is 2.46 bits per heavy atom. The largest absolute Gasteiger partial charge is 0.493 e. The van der Waals surface area contributed by atoms with Crippen molar-refractivity contribution >= 4 is 23.5 Å². The lowest BCUT2D eigenvalue weighted by Gasteiger charge is -2.30. The van der Waals surface area contributed by atoms with E-state index in [-0.39, 0.29) is 5.91 Å². The second-order valence-corrected chi connectivity index (χ2v) is 8.39. The van der Waals surface area contributed by atoms with Gasteiger partial charge in [-0.3, -0.25) is 14.8 Å². The number of rotatable bonds is 6. The molecule has 7 nitrogen and oxygen atoms in total. The zero-order valence-electron chi connectivity index (χ0n) is 20.0. The third kappa shape index (κ3) is 5.05. The maximum atomic E-state index is 13.9. The van der Waals surface area contributed by atoms with Gasteiger partial charge in [0.2, 0.25) is 0 Å². The molecular weight excluding hydrogens is 444 g/mol. The Labute approximate surface area is 204 Å². The first-order chi connectivity index (χ1) is 16.9. The van der Waals surface area contributed by atoms with E-state index in [2.05, 4.69) is 0 Å². The van der Waals surface area contributed by atoms with Gasteiger partial charge in [-0.05, 0) is 71.5 Å². The fourth-order valence-electron chi connectivity index (χ4n) is 4.35. The van der Waals surface area contributed by atoms with Crippen LogP contribution in [0.25, 0.3) is 11.6 Å². The van der Waals surface area contributed by atoms with E-state index in [1.807, 2.05) is 61.5 Å². The van der Waals surface area contributed by atoms with Crippen molar-refractivity contribution in [2.75, 3.05) is 20.8 Å². The number of fused-ring (bicyclic) bond motifs is 1. The monoisotopic (exact) mass is 472 g/mol. The summed E-state index contributed by atoms with van der Waals surface area (Å²) < 4.78 is 10.8. The SMILES string of the molecule is COc1ccc(C=C(C(=O)N2CCc3ccc(C(=O)NO)cc3C2)c2ccccc2C)cc1OC. The summed E-state index contributed by atoms with van der Waals surface area (Å²) in [4.78, 5) is 27.6. The summed E-state index contributed by atoms with van der Waals surface area (Å²) in [6.07, 6.45) is 2.55. The number of hydroxylamine groups is 1. The maximum Gasteiger partial charge on any atom is 0.274 e. The number of aryl methyl sites for hydroxylation is 1. The van der Waals surface area contributed by atoms with Crippen LogP contribution in [-0.4, -0.2) is 42.7 Å². The number of hydrogen-bond donors (Lipinski definition) is 2. The highest BCUT2D eigenvalue weighted by Crippen LogP contribution is 2.31. The molecule has 0 aromatic heterocycles. The number of ether oxygens (including phenoxy) is 2. The minimum atomic E-state index is -0.579. The Bertz CT molecular complexity index is 1300. The smallest absolute Gasteiger partial charge is 0.274 e. The van der Waals surface area contributed by atoms with Crippen LogP contribution in [0.4, 0.5) is 0 Å². The molecule has 35 heavy (non-hydrogen) atoms. The summed E-state index contributed by atoms with van der Waals surface area (Å²) >= 11 is 0. The first-order valence-corrected chi connectivity index (χ1v) is 11.3. The van der Waals surface area contributed by atoms with Crippen LogP contribution in [0.3, 0.4) is 0 Å². The molecule has 7 heteroatoms. The van der Waals surface area contributed by atoms with Crippen LogP contribution >= 0.6 is 0 Å². The molecule has 2 N–H and O–H groups in total. The quantitative estimate of drug-likeness (QED) is 0.242. The van der Waals surface area contributed by atoms with Crippen molar-refractivity contribution in [1.29, 1.82) is 0 Å². The van der Waals surface area contributed by atoms with Crippen molar-refractivity contribution in [3.63, 3.8) is 0 Å². The van der Waals surface area contributed by atoms with Crippen LogP contribution in [-0.2, 0) is 17.8 Å². The Balaban J connectivity index is 1.72. The number of nitrogens with zero attached hydrogens (tertiary/aromatic N) is 1. The van der Waals surface area contributed by atoms with E-state index in [4.69, 9.17) is 14.7 Å². The van der Waals surface area contributed by atoms with Gasteiger partial charge in [-0.25, -0.2) is 5.48 Å². The lowest BCUT2D eigenvalue weighted by atomic mass is 9.94. The lowest BCUT2D eigenvalue weighted by molar-refractivity contribution is -0.125. The molecule has 0 spiro atoms. The zero-order chi connectivity index (χ0) is 24.9. The van der Waals surface area contributed by atoms with Crippen LogP contribution in [0.5, 0.6) is 11.5 Å². The molecule has 1 heterocycles. The van der Waals surface area contributed by atoms with E-state index in [0.29, 0.717) is 42.1 Å². The molecule has 1 aliphatic rings. The number of amides is 2. The zero-order valence-corrected chi connectivity index (χ0v) is 20.0. The van der Waals surface area contributed by atoms with E-state index in [1.54, 1.807) is 36.7 Å². The first-order valence-electron chi connectivity index (χ1n) is 11.3. The molecule has 2 amide bonds. The van der Waals surface area contributed by atoms with Gasteiger partial charge in [-0.2, -0.15) is 0 Å². The maximum absolute atomic E-state index is 13.9. The molecule has 0 fully saturated rings. The number of nitrogens with one attached hydrogen (secondary N) is 1. The number of methoxy groups -OCH3 is 2. The molecule has 0 radical (unpaired) electrons. The van der Waals surface area contributed by atoms with E-state index in [9.17, 15) is 9.59 Å². The van der Waals surface area contributed by atoms with E-state index < -0.39 is 5.91 Å². The Morgan fingerprint density at radius 2 is 1.74 bits per heavy atom. The normalized spacial score (nSPS) is 13.1. The van der Waals surface area contributed by atoms with Crippen molar-refractivity contribution in [3.8, 4) is 11.5 Å². The van der Waals surface area contributed by atoms with Crippen LogP contribution in [0.1, 0.15) is 38.2 Å². The van der Waals surface area contributed by atoms with E-state index in [0.717, 1.165) is 27.8 Å². The molecule has 0 atom stereocenters. The minimum absolute atomic E-state index is 0.100. The standard InChI is InChI=1S/C28H28N2O5/c1-18-6-4-5-7-23(18)24(14-19-8-11-25(34-2)26(15-19)35-3)28(32)30-13-12-20-9-10-21(27(31)29-33)16-22(20)17-30/h4-11,14-16,33H,12-13,17H2,1-3H3,(H,29,31). The van der Waals surface area contributed by atoms with Crippen LogP contribution in [0.15, 0.2) is 60.7 Å². The van der Waals surface area contributed by atoms with Gasteiger partial charge < -0.3 is 14.4 Å². The average molecular weight is 473 g/mol. The van der Waals surface area contributed by atoms with Gasteiger partial charge in [0, 0.05) is 24.2 Å². The number of carbonyl (C=O) groups excluding carboxylic acids is 2. The van der Waals surface area contributed by atoms with Crippen LogP contribution in [0.2, 0.25) is 0 Å². The van der Waals surface area contributed by atoms with Gasteiger partial charge in [0.15, 0.2) is 11.5 Å². The molecule has 0 bridgehead atoms. The number of benzene rings is 3. The van der Waals surface area contributed by atoms with Gasteiger partial charge in [0.1, 0.15) is 0 Å². The summed E-state index contributed by atoms with van der Waals surface area (Å²) in [5.74, 6) is 0.519. The summed E-state index contributed by atoms with van der Waals surface area (Å²) in [6, 6.07) is 18.6. The topological polar surface area (TPSA) is 88.1 Å². The van der Waals surface area contributed by atoms with E-state index in [1.165, 1.54) is 0 Å². The van der Waals surface area contributed by atoms with Gasteiger partial charge in [0.05, 0.1) is 14.2 Å². The predicted octanol–water partition coefficient (Wildman–Crippen LogP) is 4.26. The summed E-state index contributed by atoms with van der Waals surface area (Å²) in [5, 5.41) is 8.98. The lowest BCUT2D eigenvalue weighted by Crippen LogP contribution is -2.36. The molecule has 3 aromatic carbocycles. The van der Waals surface area contributed by atoms with E-state index >= 15 is 0 Å². The number of hydrogen-bond acceptors (Lipinski definition) is 5.